The van der Waals surface area contributed by atoms with Crippen molar-refractivity contribution in [3.8, 4) is 5.75 Å². The Balaban J connectivity index is 2.75. The van der Waals surface area contributed by atoms with Gasteiger partial charge in [0.15, 0.2) is 0 Å². The number of rotatable bonds is 2. The van der Waals surface area contributed by atoms with Gasteiger partial charge in [0.05, 0.1) is 5.71 Å². The van der Waals surface area contributed by atoms with E-state index in [4.69, 9.17) is 10.3 Å². The van der Waals surface area contributed by atoms with E-state index in [0.29, 0.717) is 5.71 Å². The summed E-state index contributed by atoms with van der Waals surface area (Å²) in [5.41, 5.74) is 1.48. The van der Waals surface area contributed by atoms with Gasteiger partial charge >= 0.3 is 0 Å². The Kier molecular flexibility index (Phi) is 3.09. The van der Waals surface area contributed by atoms with Crippen LogP contribution >= 0.6 is 0 Å². The molecule has 0 spiro atoms. The highest BCUT2D eigenvalue weighted by atomic mass is 16.4. The standard InChI is InChI=1S/C10H11NO2/c1-8(11-13)2-3-9-4-6-10(12)7-5-9/h2-7,12-13H,1H3/b3-2-,11-8-. The summed E-state index contributed by atoms with van der Waals surface area (Å²) in [4.78, 5) is 0. The first-order valence-corrected chi connectivity index (χ1v) is 3.88. The van der Waals surface area contributed by atoms with Crippen molar-refractivity contribution in [1.29, 1.82) is 0 Å². The van der Waals surface area contributed by atoms with E-state index in [9.17, 15) is 0 Å². The number of phenols is 1. The third-order valence-corrected chi connectivity index (χ3v) is 1.57. The molecule has 13 heavy (non-hydrogen) atoms. The van der Waals surface area contributed by atoms with Crippen LogP contribution < -0.4 is 0 Å². The summed E-state index contributed by atoms with van der Waals surface area (Å²) >= 11 is 0. The van der Waals surface area contributed by atoms with E-state index in [-0.39, 0.29) is 5.75 Å². The minimum atomic E-state index is 0.240. The zero-order chi connectivity index (χ0) is 9.68. The minimum absolute atomic E-state index is 0.240. The van der Waals surface area contributed by atoms with Crippen molar-refractivity contribution < 1.29 is 10.3 Å². The van der Waals surface area contributed by atoms with E-state index in [0.717, 1.165) is 5.56 Å². The van der Waals surface area contributed by atoms with Crippen molar-refractivity contribution in [2.45, 2.75) is 6.92 Å². The van der Waals surface area contributed by atoms with Gasteiger partial charge in [0.25, 0.3) is 0 Å². The molecule has 0 aliphatic heterocycles. The van der Waals surface area contributed by atoms with Crippen LogP contribution in [0.15, 0.2) is 35.5 Å². The number of hydrogen-bond donors (Lipinski definition) is 2. The van der Waals surface area contributed by atoms with E-state index in [1.54, 1.807) is 43.3 Å². The lowest BCUT2D eigenvalue weighted by Crippen LogP contribution is -1.82. The number of aromatic hydroxyl groups is 1. The molecule has 0 atom stereocenters. The summed E-state index contributed by atoms with van der Waals surface area (Å²) in [6, 6.07) is 6.75. The molecule has 0 aliphatic carbocycles. The second kappa shape index (κ2) is 4.30. The van der Waals surface area contributed by atoms with Crippen molar-refractivity contribution >= 4 is 11.8 Å². The summed E-state index contributed by atoms with van der Waals surface area (Å²) in [7, 11) is 0. The van der Waals surface area contributed by atoms with Crippen molar-refractivity contribution in [2.24, 2.45) is 5.16 Å². The fraction of sp³-hybridized carbons (Fsp3) is 0.100. The molecule has 0 fully saturated rings. The van der Waals surface area contributed by atoms with Crippen molar-refractivity contribution in [2.75, 3.05) is 0 Å². The summed E-state index contributed by atoms with van der Waals surface area (Å²) in [6.07, 6.45) is 3.49. The highest BCUT2D eigenvalue weighted by Crippen LogP contribution is 2.10. The van der Waals surface area contributed by atoms with Gasteiger partial charge in [-0.05, 0) is 30.7 Å². The first-order valence-electron chi connectivity index (χ1n) is 3.88. The zero-order valence-electron chi connectivity index (χ0n) is 7.31. The lowest BCUT2D eigenvalue weighted by molar-refractivity contribution is 0.319. The number of nitrogens with zero attached hydrogens (tertiary/aromatic N) is 1. The molecule has 3 heteroatoms. The number of phenolic OH excluding ortho intramolecular Hbond substituents is 1. The van der Waals surface area contributed by atoms with E-state index >= 15 is 0 Å². The van der Waals surface area contributed by atoms with Crippen LogP contribution in [0.4, 0.5) is 0 Å². The molecule has 0 heterocycles. The van der Waals surface area contributed by atoms with Crippen molar-refractivity contribution in [3.05, 3.63) is 35.9 Å². The van der Waals surface area contributed by atoms with Crippen LogP contribution in [0.2, 0.25) is 0 Å². The quantitative estimate of drug-likeness (QED) is 0.413. The van der Waals surface area contributed by atoms with Crippen LogP contribution in [0, 0.1) is 0 Å². The molecule has 3 nitrogen and oxygen atoms in total. The topological polar surface area (TPSA) is 52.8 Å². The molecule has 1 aromatic rings. The number of hydrogen-bond acceptors (Lipinski definition) is 3. The number of oxime groups is 1. The highest BCUT2D eigenvalue weighted by molar-refractivity contribution is 5.95. The Labute approximate surface area is 76.6 Å². The third-order valence-electron chi connectivity index (χ3n) is 1.57. The Hall–Kier alpha value is -1.77. The van der Waals surface area contributed by atoms with Gasteiger partial charge in [0.2, 0.25) is 0 Å². The lowest BCUT2D eigenvalue weighted by Gasteiger charge is -1.93. The van der Waals surface area contributed by atoms with E-state index in [1.165, 1.54) is 0 Å². The molecular weight excluding hydrogens is 166 g/mol. The predicted molar refractivity (Wildman–Crippen MR) is 52.0 cm³/mol. The Bertz CT molecular complexity index is 325. The molecule has 0 aliphatic rings. The zero-order valence-corrected chi connectivity index (χ0v) is 7.31. The van der Waals surface area contributed by atoms with Crippen LogP contribution in [-0.2, 0) is 0 Å². The lowest BCUT2D eigenvalue weighted by atomic mass is 10.2. The average molecular weight is 177 g/mol. The number of allylic oxidation sites excluding steroid dienone is 1. The average Bonchev–Trinajstić information content (AvgIpc) is 2.16. The molecule has 2 N–H and O–H groups in total. The maximum Gasteiger partial charge on any atom is 0.115 e. The first kappa shape index (κ1) is 9.32. The fourth-order valence-corrected chi connectivity index (χ4v) is 0.836. The monoisotopic (exact) mass is 177 g/mol. The Morgan fingerprint density at radius 3 is 2.46 bits per heavy atom. The fourth-order valence-electron chi connectivity index (χ4n) is 0.836. The summed E-state index contributed by atoms with van der Waals surface area (Å²) in [5, 5.41) is 20.3. The van der Waals surface area contributed by atoms with Gasteiger partial charge in [-0.3, -0.25) is 0 Å². The van der Waals surface area contributed by atoms with Crippen LogP contribution in [0.3, 0.4) is 0 Å². The van der Waals surface area contributed by atoms with Crippen LogP contribution in [-0.4, -0.2) is 16.0 Å². The molecule has 0 radical (unpaired) electrons. The SMILES string of the molecule is CC(/C=C\c1ccc(O)cc1)=N/O. The third kappa shape index (κ3) is 2.99. The Morgan fingerprint density at radius 2 is 1.92 bits per heavy atom. The molecular formula is C10H11NO2. The van der Waals surface area contributed by atoms with Crippen LogP contribution in [0.25, 0.3) is 6.08 Å². The second-order valence-corrected chi connectivity index (χ2v) is 2.67. The highest BCUT2D eigenvalue weighted by Gasteiger charge is 1.88. The first-order chi connectivity index (χ1) is 6.22. The van der Waals surface area contributed by atoms with Gasteiger partial charge in [-0.15, -0.1) is 0 Å². The van der Waals surface area contributed by atoms with Gasteiger partial charge in [-0.25, -0.2) is 0 Å². The molecule has 0 bridgehead atoms. The Morgan fingerprint density at radius 1 is 1.31 bits per heavy atom. The van der Waals surface area contributed by atoms with Crippen molar-refractivity contribution in [3.63, 3.8) is 0 Å². The summed E-state index contributed by atoms with van der Waals surface area (Å²) in [6.45, 7) is 1.69. The minimum Gasteiger partial charge on any atom is -0.508 e. The largest absolute Gasteiger partial charge is 0.508 e. The molecule has 0 unspecified atom stereocenters. The molecule has 0 saturated carbocycles. The van der Waals surface area contributed by atoms with E-state index in [2.05, 4.69) is 5.16 Å². The number of benzene rings is 1. The molecule has 0 amide bonds. The summed E-state index contributed by atoms with van der Waals surface area (Å²) < 4.78 is 0. The van der Waals surface area contributed by atoms with Gasteiger partial charge in [0, 0.05) is 0 Å². The van der Waals surface area contributed by atoms with Gasteiger partial charge < -0.3 is 10.3 Å². The van der Waals surface area contributed by atoms with Crippen molar-refractivity contribution in [1.82, 2.24) is 0 Å². The van der Waals surface area contributed by atoms with Crippen LogP contribution in [0.1, 0.15) is 12.5 Å². The predicted octanol–water partition coefficient (Wildman–Crippen LogP) is 2.26. The molecule has 1 rings (SSSR count). The second-order valence-electron chi connectivity index (χ2n) is 2.67. The maximum absolute atomic E-state index is 8.99. The van der Waals surface area contributed by atoms with Gasteiger partial charge in [-0.2, -0.15) is 0 Å². The molecule has 0 aromatic heterocycles. The maximum atomic E-state index is 8.99. The molecule has 1 aromatic carbocycles. The molecule has 68 valence electrons. The van der Waals surface area contributed by atoms with Gasteiger partial charge in [-0.1, -0.05) is 23.4 Å². The van der Waals surface area contributed by atoms with Crippen LogP contribution in [0.5, 0.6) is 5.75 Å². The molecule has 0 saturated heterocycles. The van der Waals surface area contributed by atoms with Gasteiger partial charge in [0.1, 0.15) is 5.75 Å². The van der Waals surface area contributed by atoms with E-state index < -0.39 is 0 Å². The normalized spacial score (nSPS) is 12.2. The smallest absolute Gasteiger partial charge is 0.115 e. The van der Waals surface area contributed by atoms with E-state index in [1.807, 2.05) is 0 Å². The summed E-state index contributed by atoms with van der Waals surface area (Å²) in [5.74, 6) is 0.240.